The number of fused-ring (bicyclic) bond motifs is 1. The third-order valence-electron chi connectivity index (χ3n) is 4.86. The van der Waals surface area contributed by atoms with Crippen LogP contribution in [-0.4, -0.2) is 27.8 Å². The van der Waals surface area contributed by atoms with Crippen molar-refractivity contribution in [1.29, 1.82) is 0 Å². The van der Waals surface area contributed by atoms with Crippen LogP contribution < -0.4 is 10.6 Å². The van der Waals surface area contributed by atoms with Gasteiger partial charge in [0.1, 0.15) is 5.52 Å². The number of nitrogens with one attached hydrogen (secondary N) is 2. The van der Waals surface area contributed by atoms with E-state index in [4.69, 9.17) is 4.42 Å². The lowest BCUT2D eigenvalue weighted by atomic mass is 10.2. The molecule has 2 N–H and O–H groups in total. The monoisotopic (exact) mass is 445 g/mol. The standard InChI is InChI=1S/C25H23N3O3S/c1-16-7-11-19(12-8-16)26-23(29)15-32-17(2)24(30)27-20-13-9-18(10-14-20)25-28-21-5-3-4-6-22(21)31-25/h3-14,17H,15H2,1-2H3,(H,26,29)(H,27,30). The molecule has 1 heterocycles. The molecule has 0 aliphatic carbocycles. The maximum atomic E-state index is 12.5. The predicted octanol–water partition coefficient (Wildman–Crippen LogP) is 5.50. The van der Waals surface area contributed by atoms with Gasteiger partial charge in [0.05, 0.1) is 11.0 Å². The van der Waals surface area contributed by atoms with E-state index in [1.165, 1.54) is 11.8 Å². The van der Waals surface area contributed by atoms with E-state index in [0.717, 1.165) is 27.9 Å². The van der Waals surface area contributed by atoms with Gasteiger partial charge in [0.25, 0.3) is 0 Å². The summed E-state index contributed by atoms with van der Waals surface area (Å²) >= 11 is 1.29. The Hall–Kier alpha value is -3.58. The number of hydrogen-bond acceptors (Lipinski definition) is 5. The van der Waals surface area contributed by atoms with Gasteiger partial charge in [-0.2, -0.15) is 0 Å². The van der Waals surface area contributed by atoms with Crippen LogP contribution in [0.5, 0.6) is 0 Å². The van der Waals surface area contributed by atoms with Crippen molar-refractivity contribution in [2.24, 2.45) is 0 Å². The fourth-order valence-electron chi connectivity index (χ4n) is 3.05. The molecular weight excluding hydrogens is 422 g/mol. The van der Waals surface area contributed by atoms with Crippen molar-refractivity contribution in [1.82, 2.24) is 4.98 Å². The maximum absolute atomic E-state index is 12.5. The Morgan fingerprint density at radius 3 is 2.31 bits per heavy atom. The molecule has 0 bridgehead atoms. The van der Waals surface area contributed by atoms with Crippen LogP contribution in [0.3, 0.4) is 0 Å². The number of aryl methyl sites for hydroxylation is 1. The first kappa shape index (κ1) is 21.6. The molecule has 1 atom stereocenters. The summed E-state index contributed by atoms with van der Waals surface area (Å²) in [4.78, 5) is 29.1. The number of thioether (sulfide) groups is 1. The third-order valence-corrected chi connectivity index (χ3v) is 6.01. The molecule has 2 amide bonds. The molecule has 3 aromatic carbocycles. The number of para-hydroxylation sites is 2. The van der Waals surface area contributed by atoms with Gasteiger partial charge < -0.3 is 15.1 Å². The normalized spacial score (nSPS) is 11.8. The van der Waals surface area contributed by atoms with Gasteiger partial charge in [-0.15, -0.1) is 11.8 Å². The van der Waals surface area contributed by atoms with E-state index in [-0.39, 0.29) is 22.8 Å². The molecule has 6 nitrogen and oxygen atoms in total. The minimum absolute atomic E-state index is 0.138. The number of rotatable bonds is 7. The van der Waals surface area contributed by atoms with Gasteiger partial charge in [0.15, 0.2) is 5.58 Å². The lowest BCUT2D eigenvalue weighted by Gasteiger charge is -2.12. The van der Waals surface area contributed by atoms with Crippen molar-refractivity contribution < 1.29 is 14.0 Å². The van der Waals surface area contributed by atoms with Crippen LogP contribution in [0.25, 0.3) is 22.6 Å². The van der Waals surface area contributed by atoms with E-state index >= 15 is 0 Å². The van der Waals surface area contributed by atoms with Crippen molar-refractivity contribution in [2.75, 3.05) is 16.4 Å². The lowest BCUT2D eigenvalue weighted by molar-refractivity contribution is -0.115. The zero-order valence-corrected chi connectivity index (χ0v) is 18.6. The minimum atomic E-state index is -0.379. The summed E-state index contributed by atoms with van der Waals surface area (Å²) < 4.78 is 5.78. The predicted molar refractivity (Wildman–Crippen MR) is 130 cm³/mol. The summed E-state index contributed by atoms with van der Waals surface area (Å²) in [5.74, 6) is 0.431. The molecule has 0 aliphatic heterocycles. The van der Waals surface area contributed by atoms with Crippen LogP contribution in [-0.2, 0) is 9.59 Å². The van der Waals surface area contributed by atoms with E-state index in [1.54, 1.807) is 6.92 Å². The van der Waals surface area contributed by atoms with E-state index < -0.39 is 0 Å². The highest BCUT2D eigenvalue weighted by Gasteiger charge is 2.16. The van der Waals surface area contributed by atoms with Crippen molar-refractivity contribution in [3.8, 4) is 11.5 Å². The third kappa shape index (κ3) is 5.36. The number of nitrogens with zero attached hydrogens (tertiary/aromatic N) is 1. The van der Waals surface area contributed by atoms with Gasteiger partial charge >= 0.3 is 0 Å². The Bertz CT molecular complexity index is 1200. The smallest absolute Gasteiger partial charge is 0.237 e. The van der Waals surface area contributed by atoms with E-state index in [9.17, 15) is 9.59 Å². The number of amides is 2. The van der Waals surface area contributed by atoms with E-state index in [0.29, 0.717) is 11.6 Å². The van der Waals surface area contributed by atoms with Gasteiger partial charge in [-0.3, -0.25) is 9.59 Å². The number of hydrogen-bond donors (Lipinski definition) is 2. The quantitative estimate of drug-likeness (QED) is 0.392. The minimum Gasteiger partial charge on any atom is -0.436 e. The van der Waals surface area contributed by atoms with Crippen LogP contribution in [0.2, 0.25) is 0 Å². The first-order chi connectivity index (χ1) is 15.5. The summed E-state index contributed by atoms with van der Waals surface area (Å²) in [6.45, 7) is 3.77. The summed E-state index contributed by atoms with van der Waals surface area (Å²) in [6, 6.07) is 22.5. The Kier molecular flexibility index (Phi) is 6.56. The zero-order valence-electron chi connectivity index (χ0n) is 17.8. The Morgan fingerprint density at radius 2 is 1.59 bits per heavy atom. The van der Waals surface area contributed by atoms with Gasteiger partial charge in [-0.25, -0.2) is 4.98 Å². The fourth-order valence-corrected chi connectivity index (χ4v) is 3.73. The molecule has 0 saturated carbocycles. The summed E-state index contributed by atoms with van der Waals surface area (Å²) in [6.07, 6.45) is 0. The number of anilines is 2. The second-order valence-corrected chi connectivity index (χ2v) is 8.75. The highest BCUT2D eigenvalue weighted by molar-refractivity contribution is 8.01. The second kappa shape index (κ2) is 9.70. The highest BCUT2D eigenvalue weighted by atomic mass is 32.2. The first-order valence-corrected chi connectivity index (χ1v) is 11.3. The number of carbonyl (C=O) groups is 2. The molecule has 4 aromatic rings. The molecule has 1 aromatic heterocycles. The molecule has 1 unspecified atom stereocenters. The van der Waals surface area contributed by atoms with Gasteiger partial charge in [-0.1, -0.05) is 29.8 Å². The van der Waals surface area contributed by atoms with Crippen molar-refractivity contribution >= 4 is 46.1 Å². The van der Waals surface area contributed by atoms with Crippen LogP contribution in [0.15, 0.2) is 77.2 Å². The molecule has 32 heavy (non-hydrogen) atoms. The van der Waals surface area contributed by atoms with Gasteiger partial charge in [-0.05, 0) is 62.4 Å². The van der Waals surface area contributed by atoms with Crippen molar-refractivity contribution in [3.05, 3.63) is 78.4 Å². The zero-order chi connectivity index (χ0) is 22.5. The molecule has 0 aliphatic rings. The van der Waals surface area contributed by atoms with Crippen LogP contribution in [0.1, 0.15) is 12.5 Å². The molecule has 0 spiro atoms. The highest BCUT2D eigenvalue weighted by Crippen LogP contribution is 2.25. The number of benzene rings is 3. The average molecular weight is 446 g/mol. The van der Waals surface area contributed by atoms with Crippen LogP contribution >= 0.6 is 11.8 Å². The molecule has 162 valence electrons. The lowest BCUT2D eigenvalue weighted by Crippen LogP contribution is -2.25. The molecule has 0 radical (unpaired) electrons. The van der Waals surface area contributed by atoms with Crippen LogP contribution in [0, 0.1) is 6.92 Å². The SMILES string of the molecule is Cc1ccc(NC(=O)CSC(C)C(=O)Nc2ccc(-c3nc4ccccc4o3)cc2)cc1. The topological polar surface area (TPSA) is 84.2 Å². The number of aromatic nitrogens is 1. The first-order valence-electron chi connectivity index (χ1n) is 10.2. The number of carbonyl (C=O) groups excluding carboxylic acids is 2. The molecule has 0 fully saturated rings. The van der Waals surface area contributed by atoms with E-state index in [2.05, 4.69) is 15.6 Å². The summed E-state index contributed by atoms with van der Waals surface area (Å²) in [5.41, 5.74) is 4.91. The molecular formula is C25H23N3O3S. The average Bonchev–Trinajstić information content (AvgIpc) is 3.24. The van der Waals surface area contributed by atoms with Crippen molar-refractivity contribution in [3.63, 3.8) is 0 Å². The largest absolute Gasteiger partial charge is 0.436 e. The second-order valence-electron chi connectivity index (χ2n) is 7.42. The fraction of sp³-hybridized carbons (Fsp3) is 0.160. The summed E-state index contributed by atoms with van der Waals surface area (Å²) in [7, 11) is 0. The molecule has 7 heteroatoms. The Balaban J connectivity index is 1.29. The molecule has 0 saturated heterocycles. The maximum Gasteiger partial charge on any atom is 0.237 e. The Labute approximate surface area is 190 Å². The van der Waals surface area contributed by atoms with Crippen LogP contribution in [0.4, 0.5) is 11.4 Å². The number of oxazole rings is 1. The van der Waals surface area contributed by atoms with Crippen molar-refractivity contribution in [2.45, 2.75) is 19.1 Å². The Morgan fingerprint density at radius 1 is 0.938 bits per heavy atom. The molecule has 4 rings (SSSR count). The van der Waals surface area contributed by atoms with Gasteiger partial charge in [0, 0.05) is 16.9 Å². The van der Waals surface area contributed by atoms with Gasteiger partial charge in [0.2, 0.25) is 17.7 Å². The van der Waals surface area contributed by atoms with E-state index in [1.807, 2.05) is 79.7 Å². The summed E-state index contributed by atoms with van der Waals surface area (Å²) in [5, 5.41) is 5.34.